The molecule has 0 fully saturated rings. The third kappa shape index (κ3) is 4.08. The Bertz CT molecular complexity index is 1350. The Hall–Kier alpha value is -4.04. The van der Waals surface area contributed by atoms with Gasteiger partial charge in [-0.1, -0.05) is 115 Å². The summed E-state index contributed by atoms with van der Waals surface area (Å²) in [5.41, 5.74) is 5.73. The molecule has 1 heterocycles. The van der Waals surface area contributed by atoms with Crippen LogP contribution < -0.4 is 0 Å². The summed E-state index contributed by atoms with van der Waals surface area (Å²) < 4.78 is 0. The van der Waals surface area contributed by atoms with Gasteiger partial charge in [0, 0.05) is 23.1 Å². The molecule has 0 spiro atoms. The monoisotopic (exact) mass is 413 g/mol. The number of ketones is 1. The van der Waals surface area contributed by atoms with Crippen molar-refractivity contribution in [1.82, 2.24) is 4.98 Å². The molecule has 154 valence electrons. The summed E-state index contributed by atoms with van der Waals surface area (Å²) in [5, 5.41) is 1.04. The first kappa shape index (κ1) is 19.9. The SMILES string of the molecule is O=C(c1ccccc1)C(c1ccccc1)c1cccc2ccc(Cc3ccccc3)nc12. The fourth-order valence-electron chi connectivity index (χ4n) is 4.23. The van der Waals surface area contributed by atoms with Gasteiger partial charge in [0.2, 0.25) is 0 Å². The number of aromatic nitrogens is 1. The molecule has 2 nitrogen and oxygen atoms in total. The van der Waals surface area contributed by atoms with Crippen LogP contribution >= 0.6 is 0 Å². The van der Waals surface area contributed by atoms with E-state index < -0.39 is 5.92 Å². The Morgan fingerprint density at radius 1 is 0.656 bits per heavy atom. The van der Waals surface area contributed by atoms with Gasteiger partial charge in [-0.15, -0.1) is 0 Å². The van der Waals surface area contributed by atoms with Crippen LogP contribution in [0.5, 0.6) is 0 Å². The van der Waals surface area contributed by atoms with Gasteiger partial charge in [0.15, 0.2) is 5.78 Å². The fraction of sp³-hybridized carbons (Fsp3) is 0.0667. The Labute approximate surface area is 188 Å². The van der Waals surface area contributed by atoms with E-state index in [1.54, 1.807) is 0 Å². The van der Waals surface area contributed by atoms with Crippen molar-refractivity contribution < 1.29 is 4.79 Å². The molecule has 4 aromatic carbocycles. The summed E-state index contributed by atoms with van der Waals surface area (Å²) in [6, 6.07) is 40.2. The highest BCUT2D eigenvalue weighted by molar-refractivity contribution is 6.05. The highest BCUT2D eigenvalue weighted by Gasteiger charge is 2.26. The van der Waals surface area contributed by atoms with Crippen LogP contribution in [0, 0.1) is 0 Å². The second-order valence-corrected chi connectivity index (χ2v) is 7.96. The standard InChI is InChI=1S/C30H23NO/c32-30(25-15-8-3-9-16-25)28(23-13-6-2-7-14-23)27-18-10-17-24-19-20-26(31-29(24)27)21-22-11-4-1-5-12-22/h1-20,28H,21H2. The van der Waals surface area contributed by atoms with Crippen molar-refractivity contribution in [2.24, 2.45) is 0 Å². The molecule has 0 amide bonds. The van der Waals surface area contributed by atoms with Gasteiger partial charge in [0.1, 0.15) is 0 Å². The number of Topliss-reactive ketones (excluding diaryl/α,β-unsaturated/α-hetero) is 1. The lowest BCUT2D eigenvalue weighted by Crippen LogP contribution is -2.15. The molecule has 0 aliphatic rings. The smallest absolute Gasteiger partial charge is 0.174 e. The molecule has 5 rings (SSSR count). The van der Waals surface area contributed by atoms with E-state index in [2.05, 4.69) is 30.3 Å². The molecular weight excluding hydrogens is 390 g/mol. The molecule has 0 aliphatic carbocycles. The molecule has 0 radical (unpaired) electrons. The zero-order chi connectivity index (χ0) is 21.8. The van der Waals surface area contributed by atoms with Gasteiger partial charge in [-0.3, -0.25) is 9.78 Å². The summed E-state index contributed by atoms with van der Waals surface area (Å²) in [4.78, 5) is 18.8. The highest BCUT2D eigenvalue weighted by Crippen LogP contribution is 2.33. The Balaban J connectivity index is 1.65. The topological polar surface area (TPSA) is 30.0 Å². The molecule has 0 saturated carbocycles. The van der Waals surface area contributed by atoms with Crippen LogP contribution in [0.4, 0.5) is 0 Å². The number of hydrogen-bond acceptors (Lipinski definition) is 2. The Morgan fingerprint density at radius 3 is 2.03 bits per heavy atom. The highest BCUT2D eigenvalue weighted by atomic mass is 16.1. The Morgan fingerprint density at radius 2 is 1.31 bits per heavy atom. The van der Waals surface area contributed by atoms with E-state index in [0.29, 0.717) is 5.56 Å². The lowest BCUT2D eigenvalue weighted by molar-refractivity contribution is 0.0974. The quantitative estimate of drug-likeness (QED) is 0.285. The number of carbonyl (C=O) groups excluding carboxylic acids is 1. The zero-order valence-electron chi connectivity index (χ0n) is 17.7. The number of rotatable bonds is 6. The minimum absolute atomic E-state index is 0.0829. The van der Waals surface area contributed by atoms with Crippen molar-refractivity contribution in [3.63, 3.8) is 0 Å². The van der Waals surface area contributed by atoms with E-state index in [4.69, 9.17) is 4.98 Å². The summed E-state index contributed by atoms with van der Waals surface area (Å²) in [7, 11) is 0. The first-order valence-electron chi connectivity index (χ1n) is 10.9. The van der Waals surface area contributed by atoms with Crippen LogP contribution in [0.1, 0.15) is 38.7 Å². The molecule has 5 aromatic rings. The number of para-hydroxylation sites is 1. The molecule has 0 saturated heterocycles. The largest absolute Gasteiger partial charge is 0.293 e. The van der Waals surface area contributed by atoms with Crippen LogP contribution in [-0.2, 0) is 6.42 Å². The van der Waals surface area contributed by atoms with Crippen molar-refractivity contribution in [1.29, 1.82) is 0 Å². The first-order valence-corrected chi connectivity index (χ1v) is 10.9. The van der Waals surface area contributed by atoms with E-state index in [-0.39, 0.29) is 5.78 Å². The molecule has 2 heteroatoms. The number of nitrogens with zero attached hydrogens (tertiary/aromatic N) is 1. The van der Waals surface area contributed by atoms with Gasteiger partial charge in [-0.25, -0.2) is 0 Å². The third-order valence-electron chi connectivity index (χ3n) is 5.80. The van der Waals surface area contributed by atoms with Crippen molar-refractivity contribution in [2.75, 3.05) is 0 Å². The predicted octanol–water partition coefficient (Wildman–Crippen LogP) is 6.84. The van der Waals surface area contributed by atoms with E-state index in [0.717, 1.165) is 34.1 Å². The molecule has 0 bridgehead atoms. The van der Waals surface area contributed by atoms with Gasteiger partial charge in [0.25, 0.3) is 0 Å². The maximum absolute atomic E-state index is 13.7. The summed E-state index contributed by atoms with van der Waals surface area (Å²) in [6.07, 6.45) is 0.758. The van der Waals surface area contributed by atoms with Gasteiger partial charge < -0.3 is 0 Å². The number of benzene rings is 4. The molecule has 1 aromatic heterocycles. The number of pyridine rings is 1. The van der Waals surface area contributed by atoms with Crippen molar-refractivity contribution in [3.8, 4) is 0 Å². The van der Waals surface area contributed by atoms with E-state index in [9.17, 15) is 4.79 Å². The van der Waals surface area contributed by atoms with Gasteiger partial charge >= 0.3 is 0 Å². The van der Waals surface area contributed by atoms with E-state index >= 15 is 0 Å². The Kier molecular flexibility index (Phi) is 5.59. The molecule has 0 N–H and O–H groups in total. The van der Waals surface area contributed by atoms with Gasteiger partial charge in [-0.05, 0) is 22.8 Å². The predicted molar refractivity (Wildman–Crippen MR) is 130 cm³/mol. The summed E-state index contributed by atoms with van der Waals surface area (Å²) in [6.45, 7) is 0. The van der Waals surface area contributed by atoms with Crippen molar-refractivity contribution in [3.05, 3.63) is 149 Å². The van der Waals surface area contributed by atoms with Crippen LogP contribution in [-0.4, -0.2) is 10.8 Å². The number of fused-ring (bicyclic) bond motifs is 1. The normalized spacial score (nSPS) is 11.9. The van der Waals surface area contributed by atoms with Crippen molar-refractivity contribution in [2.45, 2.75) is 12.3 Å². The average Bonchev–Trinajstić information content (AvgIpc) is 2.86. The maximum Gasteiger partial charge on any atom is 0.174 e. The molecule has 1 unspecified atom stereocenters. The van der Waals surface area contributed by atoms with Crippen LogP contribution in [0.15, 0.2) is 121 Å². The minimum Gasteiger partial charge on any atom is -0.293 e. The number of hydrogen-bond donors (Lipinski definition) is 0. The van der Waals surface area contributed by atoms with E-state index in [1.165, 1.54) is 5.56 Å². The summed E-state index contributed by atoms with van der Waals surface area (Å²) in [5.74, 6) is -0.332. The number of carbonyl (C=O) groups is 1. The minimum atomic E-state index is -0.415. The molecule has 1 atom stereocenters. The zero-order valence-corrected chi connectivity index (χ0v) is 17.7. The van der Waals surface area contributed by atoms with E-state index in [1.807, 2.05) is 91.0 Å². The average molecular weight is 414 g/mol. The van der Waals surface area contributed by atoms with Crippen LogP contribution in [0.3, 0.4) is 0 Å². The molecular formula is C30H23NO. The lowest BCUT2D eigenvalue weighted by Gasteiger charge is -2.19. The maximum atomic E-state index is 13.7. The van der Waals surface area contributed by atoms with Crippen LogP contribution in [0.2, 0.25) is 0 Å². The fourth-order valence-corrected chi connectivity index (χ4v) is 4.23. The second kappa shape index (κ2) is 8.99. The molecule has 32 heavy (non-hydrogen) atoms. The van der Waals surface area contributed by atoms with Gasteiger partial charge in [-0.2, -0.15) is 0 Å². The lowest BCUT2D eigenvalue weighted by atomic mass is 9.83. The van der Waals surface area contributed by atoms with Gasteiger partial charge in [0.05, 0.1) is 11.4 Å². The molecule has 0 aliphatic heterocycles. The second-order valence-electron chi connectivity index (χ2n) is 7.96. The van der Waals surface area contributed by atoms with Crippen molar-refractivity contribution >= 4 is 16.7 Å². The summed E-state index contributed by atoms with van der Waals surface area (Å²) >= 11 is 0. The van der Waals surface area contributed by atoms with Crippen LogP contribution in [0.25, 0.3) is 10.9 Å². The third-order valence-corrected chi connectivity index (χ3v) is 5.80. The first-order chi connectivity index (χ1) is 15.8.